The van der Waals surface area contributed by atoms with Crippen molar-refractivity contribution in [2.24, 2.45) is 0 Å². The molecule has 0 spiro atoms. The summed E-state index contributed by atoms with van der Waals surface area (Å²) >= 11 is 6.08. The number of hydrogen-bond acceptors (Lipinski definition) is 2. The summed E-state index contributed by atoms with van der Waals surface area (Å²) in [7, 11) is 0. The Morgan fingerprint density at radius 3 is 2.44 bits per heavy atom. The Bertz CT molecular complexity index is 875. The smallest absolute Gasteiger partial charge is 0.228 e. The molecule has 0 aliphatic heterocycles. The van der Waals surface area contributed by atoms with E-state index in [-0.39, 0.29) is 12.3 Å². The van der Waals surface area contributed by atoms with Gasteiger partial charge in [-0.05, 0) is 60.5 Å². The number of ether oxygens (including phenoxy) is 1. The number of aryl methyl sites for hydroxylation is 1. The van der Waals surface area contributed by atoms with Gasteiger partial charge in [0.1, 0.15) is 11.5 Å². The zero-order valence-electron chi connectivity index (χ0n) is 13.8. The maximum Gasteiger partial charge on any atom is 0.228 e. The summed E-state index contributed by atoms with van der Waals surface area (Å²) in [5.41, 5.74) is 2.66. The van der Waals surface area contributed by atoms with E-state index >= 15 is 0 Å². The number of carbonyl (C=O) groups is 1. The third-order valence-corrected chi connectivity index (χ3v) is 4.04. The minimum Gasteiger partial charge on any atom is -0.457 e. The third kappa shape index (κ3) is 4.85. The van der Waals surface area contributed by atoms with Crippen molar-refractivity contribution in [3.05, 3.63) is 88.9 Å². The van der Waals surface area contributed by atoms with Crippen molar-refractivity contribution in [2.45, 2.75) is 13.3 Å². The van der Waals surface area contributed by atoms with E-state index in [0.717, 1.165) is 22.6 Å². The molecule has 25 heavy (non-hydrogen) atoms. The summed E-state index contributed by atoms with van der Waals surface area (Å²) in [6.45, 7) is 2.02. The quantitative estimate of drug-likeness (QED) is 0.647. The van der Waals surface area contributed by atoms with Crippen LogP contribution in [0.3, 0.4) is 0 Å². The number of benzene rings is 3. The molecule has 3 nitrogen and oxygen atoms in total. The Kier molecular flexibility index (Phi) is 5.36. The molecule has 1 amide bonds. The van der Waals surface area contributed by atoms with E-state index in [1.54, 1.807) is 6.07 Å². The van der Waals surface area contributed by atoms with Gasteiger partial charge in [0, 0.05) is 10.7 Å². The van der Waals surface area contributed by atoms with Gasteiger partial charge >= 0.3 is 0 Å². The standard InChI is InChI=1S/C21H18ClNO2/c1-15-5-4-7-19(13-15)25-18-11-9-17(10-12-18)23-21(24)14-16-6-2-3-8-20(16)22/h2-13H,14H2,1H3,(H,23,24). The third-order valence-electron chi connectivity index (χ3n) is 3.67. The van der Waals surface area contributed by atoms with Crippen molar-refractivity contribution in [3.63, 3.8) is 0 Å². The summed E-state index contributed by atoms with van der Waals surface area (Å²) in [4.78, 5) is 12.1. The first-order valence-electron chi connectivity index (χ1n) is 7.98. The second-order valence-corrected chi connectivity index (χ2v) is 6.17. The van der Waals surface area contributed by atoms with Crippen molar-refractivity contribution in [3.8, 4) is 11.5 Å². The first-order chi connectivity index (χ1) is 12.1. The van der Waals surface area contributed by atoms with Gasteiger partial charge in [0.15, 0.2) is 0 Å². The van der Waals surface area contributed by atoms with E-state index in [0.29, 0.717) is 10.7 Å². The number of rotatable bonds is 5. The fourth-order valence-corrected chi connectivity index (χ4v) is 2.64. The molecule has 0 bridgehead atoms. The van der Waals surface area contributed by atoms with Crippen LogP contribution in [0.4, 0.5) is 5.69 Å². The number of hydrogen-bond donors (Lipinski definition) is 1. The molecule has 0 saturated heterocycles. The van der Waals surface area contributed by atoms with E-state index in [9.17, 15) is 4.79 Å². The summed E-state index contributed by atoms with van der Waals surface area (Å²) in [6.07, 6.45) is 0.237. The monoisotopic (exact) mass is 351 g/mol. The highest BCUT2D eigenvalue weighted by Crippen LogP contribution is 2.24. The lowest BCUT2D eigenvalue weighted by Crippen LogP contribution is -2.14. The molecule has 0 unspecified atom stereocenters. The first-order valence-corrected chi connectivity index (χ1v) is 8.36. The Morgan fingerprint density at radius 1 is 0.960 bits per heavy atom. The molecule has 0 aliphatic rings. The SMILES string of the molecule is Cc1cccc(Oc2ccc(NC(=O)Cc3ccccc3Cl)cc2)c1. The fraction of sp³-hybridized carbons (Fsp3) is 0.0952. The van der Waals surface area contributed by atoms with Crippen molar-refractivity contribution in [2.75, 3.05) is 5.32 Å². The number of halogens is 1. The van der Waals surface area contributed by atoms with Gasteiger partial charge in [0.05, 0.1) is 6.42 Å². The normalized spacial score (nSPS) is 10.3. The molecule has 0 heterocycles. The van der Waals surface area contributed by atoms with E-state index in [4.69, 9.17) is 16.3 Å². The summed E-state index contributed by atoms with van der Waals surface area (Å²) < 4.78 is 5.80. The van der Waals surface area contributed by atoms with Gasteiger partial charge in [-0.15, -0.1) is 0 Å². The lowest BCUT2D eigenvalue weighted by atomic mass is 10.1. The Morgan fingerprint density at radius 2 is 1.72 bits per heavy atom. The van der Waals surface area contributed by atoms with Crippen molar-refractivity contribution < 1.29 is 9.53 Å². The molecule has 0 atom stereocenters. The average Bonchev–Trinajstić information content (AvgIpc) is 2.59. The van der Waals surface area contributed by atoms with Gasteiger partial charge in [-0.2, -0.15) is 0 Å². The molecule has 1 N–H and O–H groups in total. The van der Waals surface area contributed by atoms with Gasteiger partial charge in [-0.1, -0.05) is 41.9 Å². The number of nitrogens with one attached hydrogen (secondary N) is 1. The Hall–Kier alpha value is -2.78. The zero-order valence-corrected chi connectivity index (χ0v) is 14.6. The molecule has 126 valence electrons. The molecular weight excluding hydrogens is 334 g/mol. The van der Waals surface area contributed by atoms with E-state index in [2.05, 4.69) is 5.32 Å². The summed E-state index contributed by atoms with van der Waals surface area (Å²) in [5, 5.41) is 3.46. The van der Waals surface area contributed by atoms with Crippen LogP contribution in [0, 0.1) is 6.92 Å². The van der Waals surface area contributed by atoms with Crippen molar-refractivity contribution in [1.82, 2.24) is 0 Å². The van der Waals surface area contributed by atoms with Crippen LogP contribution in [0.25, 0.3) is 0 Å². The van der Waals surface area contributed by atoms with Gasteiger partial charge in [0.2, 0.25) is 5.91 Å². The zero-order chi connectivity index (χ0) is 17.6. The second-order valence-electron chi connectivity index (χ2n) is 5.76. The highest BCUT2D eigenvalue weighted by molar-refractivity contribution is 6.31. The summed E-state index contributed by atoms with van der Waals surface area (Å²) in [6, 6.07) is 22.5. The van der Waals surface area contributed by atoms with E-state index in [1.807, 2.05) is 73.7 Å². The highest BCUT2D eigenvalue weighted by Gasteiger charge is 2.07. The van der Waals surface area contributed by atoms with Crippen LogP contribution in [0.5, 0.6) is 11.5 Å². The Balaban J connectivity index is 1.60. The van der Waals surface area contributed by atoms with Crippen LogP contribution in [0.2, 0.25) is 5.02 Å². The van der Waals surface area contributed by atoms with Crippen molar-refractivity contribution in [1.29, 1.82) is 0 Å². The van der Waals surface area contributed by atoms with Crippen LogP contribution in [0.15, 0.2) is 72.8 Å². The molecular formula is C21H18ClNO2. The number of amides is 1. The average molecular weight is 352 g/mol. The molecule has 0 aromatic heterocycles. The predicted octanol–water partition coefficient (Wildman–Crippen LogP) is 5.62. The molecule has 0 saturated carbocycles. The summed E-state index contributed by atoms with van der Waals surface area (Å²) in [5.74, 6) is 1.39. The van der Waals surface area contributed by atoms with E-state index in [1.165, 1.54) is 0 Å². The van der Waals surface area contributed by atoms with Gasteiger partial charge in [0.25, 0.3) is 0 Å². The van der Waals surface area contributed by atoms with E-state index < -0.39 is 0 Å². The topological polar surface area (TPSA) is 38.3 Å². The van der Waals surface area contributed by atoms with Crippen LogP contribution in [-0.4, -0.2) is 5.91 Å². The maximum absolute atomic E-state index is 12.1. The molecule has 4 heteroatoms. The van der Waals surface area contributed by atoms with Crippen molar-refractivity contribution >= 4 is 23.2 Å². The maximum atomic E-state index is 12.1. The van der Waals surface area contributed by atoms with Crippen LogP contribution in [-0.2, 0) is 11.2 Å². The lowest BCUT2D eigenvalue weighted by Gasteiger charge is -2.09. The lowest BCUT2D eigenvalue weighted by molar-refractivity contribution is -0.115. The molecule has 3 aromatic carbocycles. The van der Waals surface area contributed by atoms with Gasteiger partial charge in [-0.3, -0.25) is 4.79 Å². The molecule has 0 fully saturated rings. The highest BCUT2D eigenvalue weighted by atomic mass is 35.5. The van der Waals surface area contributed by atoms with Gasteiger partial charge < -0.3 is 10.1 Å². The molecule has 3 rings (SSSR count). The molecule has 0 radical (unpaired) electrons. The fourth-order valence-electron chi connectivity index (χ4n) is 2.44. The Labute approximate surface area is 152 Å². The van der Waals surface area contributed by atoms with Crippen LogP contribution >= 0.6 is 11.6 Å². The van der Waals surface area contributed by atoms with Gasteiger partial charge in [-0.25, -0.2) is 0 Å². The predicted molar refractivity (Wildman–Crippen MR) is 101 cm³/mol. The number of carbonyl (C=O) groups excluding carboxylic acids is 1. The second kappa shape index (κ2) is 7.86. The molecule has 0 aliphatic carbocycles. The molecule has 3 aromatic rings. The van der Waals surface area contributed by atoms with Crippen LogP contribution in [0.1, 0.15) is 11.1 Å². The minimum absolute atomic E-state index is 0.111. The van der Waals surface area contributed by atoms with Crippen LogP contribution < -0.4 is 10.1 Å². The minimum atomic E-state index is -0.111. The number of anilines is 1. The largest absolute Gasteiger partial charge is 0.457 e. The first kappa shape index (κ1) is 17.1.